The zero-order chi connectivity index (χ0) is 13.2. The largest absolute Gasteiger partial charge is 0.341 e. The first-order valence-electron chi connectivity index (χ1n) is 6.06. The summed E-state index contributed by atoms with van der Waals surface area (Å²) in [6.45, 7) is 7.42. The highest BCUT2D eigenvalue weighted by molar-refractivity contribution is 5.53. The average molecular weight is 245 g/mol. The molecule has 0 saturated heterocycles. The van der Waals surface area contributed by atoms with Crippen molar-refractivity contribution in [1.29, 1.82) is 0 Å². The van der Waals surface area contributed by atoms with Crippen molar-refractivity contribution in [3.8, 4) is 11.5 Å². The van der Waals surface area contributed by atoms with Crippen molar-refractivity contribution in [2.75, 3.05) is 18.5 Å². The Hall–Kier alpha value is -1.84. The van der Waals surface area contributed by atoms with E-state index < -0.39 is 0 Å². The van der Waals surface area contributed by atoms with E-state index in [-0.39, 0.29) is 5.41 Å². The zero-order valence-electron chi connectivity index (χ0n) is 11.3. The van der Waals surface area contributed by atoms with Gasteiger partial charge in [0.1, 0.15) is 0 Å². The zero-order valence-corrected chi connectivity index (χ0v) is 11.3. The van der Waals surface area contributed by atoms with Crippen molar-refractivity contribution < 1.29 is 4.52 Å². The minimum Gasteiger partial charge on any atom is -0.341 e. The maximum Gasteiger partial charge on any atom is 0.266 e. The first-order chi connectivity index (χ1) is 8.46. The molecule has 4 heteroatoms. The molecule has 1 aromatic heterocycles. The Balaban J connectivity index is 2.16. The van der Waals surface area contributed by atoms with E-state index in [1.807, 2.05) is 42.3 Å². The van der Waals surface area contributed by atoms with Gasteiger partial charge in [-0.1, -0.05) is 39.0 Å². The SMILES string of the molecule is CN(CC(C)(C)C)c1noc(-c2ccccc2)n1. The molecular formula is C14H19N3O. The van der Waals surface area contributed by atoms with Gasteiger partial charge in [-0.25, -0.2) is 0 Å². The molecular weight excluding hydrogens is 226 g/mol. The standard InChI is InChI=1S/C14H19N3O/c1-14(2,3)10-17(4)13-15-12(18-16-13)11-8-6-5-7-9-11/h5-9H,10H2,1-4H3. The van der Waals surface area contributed by atoms with Crippen LogP contribution in [-0.2, 0) is 0 Å². The molecule has 0 radical (unpaired) electrons. The molecule has 0 atom stereocenters. The fourth-order valence-corrected chi connectivity index (χ4v) is 1.85. The molecule has 0 saturated carbocycles. The van der Waals surface area contributed by atoms with Crippen molar-refractivity contribution in [1.82, 2.24) is 10.1 Å². The van der Waals surface area contributed by atoms with Crippen molar-refractivity contribution >= 4 is 5.95 Å². The number of hydrogen-bond donors (Lipinski definition) is 0. The lowest BCUT2D eigenvalue weighted by atomic mass is 9.96. The summed E-state index contributed by atoms with van der Waals surface area (Å²) in [6.07, 6.45) is 0. The third-order valence-electron chi connectivity index (χ3n) is 2.49. The average Bonchev–Trinajstić information content (AvgIpc) is 2.77. The van der Waals surface area contributed by atoms with E-state index in [2.05, 4.69) is 30.9 Å². The molecule has 2 rings (SSSR count). The van der Waals surface area contributed by atoms with Crippen LogP contribution in [-0.4, -0.2) is 23.7 Å². The summed E-state index contributed by atoms with van der Waals surface area (Å²) in [5.74, 6) is 1.19. The maximum absolute atomic E-state index is 5.28. The molecule has 1 heterocycles. The minimum absolute atomic E-state index is 0.197. The highest BCUT2D eigenvalue weighted by Crippen LogP contribution is 2.21. The number of nitrogens with zero attached hydrogens (tertiary/aromatic N) is 3. The maximum atomic E-state index is 5.28. The normalized spacial score (nSPS) is 11.6. The van der Waals surface area contributed by atoms with Crippen LogP contribution in [0.4, 0.5) is 5.95 Å². The number of benzene rings is 1. The van der Waals surface area contributed by atoms with Gasteiger partial charge in [0.25, 0.3) is 11.8 Å². The molecule has 2 aromatic rings. The monoisotopic (exact) mass is 245 g/mol. The Labute approximate surface area is 108 Å². The second-order valence-electron chi connectivity index (χ2n) is 5.68. The van der Waals surface area contributed by atoms with Gasteiger partial charge < -0.3 is 9.42 Å². The van der Waals surface area contributed by atoms with Crippen molar-refractivity contribution in [2.24, 2.45) is 5.41 Å². The molecule has 0 aliphatic carbocycles. The fourth-order valence-electron chi connectivity index (χ4n) is 1.85. The van der Waals surface area contributed by atoms with Crippen LogP contribution >= 0.6 is 0 Å². The number of aromatic nitrogens is 2. The predicted molar refractivity (Wildman–Crippen MR) is 72.5 cm³/mol. The fraction of sp³-hybridized carbons (Fsp3) is 0.429. The molecule has 0 unspecified atom stereocenters. The van der Waals surface area contributed by atoms with Crippen LogP contribution < -0.4 is 4.90 Å². The number of hydrogen-bond acceptors (Lipinski definition) is 4. The number of anilines is 1. The van der Waals surface area contributed by atoms with Crippen molar-refractivity contribution in [3.05, 3.63) is 30.3 Å². The lowest BCUT2D eigenvalue weighted by Crippen LogP contribution is -2.29. The van der Waals surface area contributed by atoms with Crippen LogP contribution in [0.25, 0.3) is 11.5 Å². The van der Waals surface area contributed by atoms with E-state index in [0.29, 0.717) is 11.8 Å². The summed E-state index contributed by atoms with van der Waals surface area (Å²) < 4.78 is 5.28. The quantitative estimate of drug-likeness (QED) is 0.832. The highest BCUT2D eigenvalue weighted by atomic mass is 16.5. The smallest absolute Gasteiger partial charge is 0.266 e. The van der Waals surface area contributed by atoms with Gasteiger partial charge in [-0.05, 0) is 22.7 Å². The van der Waals surface area contributed by atoms with E-state index >= 15 is 0 Å². The van der Waals surface area contributed by atoms with E-state index in [1.165, 1.54) is 0 Å². The summed E-state index contributed by atoms with van der Waals surface area (Å²) in [4.78, 5) is 6.42. The third kappa shape index (κ3) is 3.09. The van der Waals surface area contributed by atoms with Gasteiger partial charge in [0, 0.05) is 19.2 Å². The van der Waals surface area contributed by atoms with Gasteiger partial charge in [0.05, 0.1) is 0 Å². The van der Waals surface area contributed by atoms with Crippen LogP contribution in [0.3, 0.4) is 0 Å². The Kier molecular flexibility index (Phi) is 3.36. The third-order valence-corrected chi connectivity index (χ3v) is 2.49. The lowest BCUT2D eigenvalue weighted by molar-refractivity contribution is 0.404. The first-order valence-corrected chi connectivity index (χ1v) is 6.06. The van der Waals surface area contributed by atoms with Crippen LogP contribution in [0.15, 0.2) is 34.9 Å². The van der Waals surface area contributed by atoms with Crippen LogP contribution in [0.2, 0.25) is 0 Å². The second-order valence-corrected chi connectivity index (χ2v) is 5.68. The van der Waals surface area contributed by atoms with E-state index in [1.54, 1.807) is 0 Å². The van der Waals surface area contributed by atoms with Crippen LogP contribution in [0.1, 0.15) is 20.8 Å². The molecule has 96 valence electrons. The van der Waals surface area contributed by atoms with Gasteiger partial charge in [0.15, 0.2) is 0 Å². The van der Waals surface area contributed by atoms with Gasteiger partial charge >= 0.3 is 0 Å². The topological polar surface area (TPSA) is 42.2 Å². The predicted octanol–water partition coefficient (Wildman–Crippen LogP) is 3.22. The summed E-state index contributed by atoms with van der Waals surface area (Å²) in [6, 6.07) is 9.80. The molecule has 0 aliphatic rings. The second kappa shape index (κ2) is 4.80. The summed E-state index contributed by atoms with van der Waals surface area (Å²) in [5.41, 5.74) is 1.14. The molecule has 0 amide bonds. The molecule has 0 bridgehead atoms. The Morgan fingerprint density at radius 3 is 2.44 bits per heavy atom. The van der Waals surface area contributed by atoms with E-state index in [4.69, 9.17) is 4.52 Å². The van der Waals surface area contributed by atoms with Gasteiger partial charge in [-0.3, -0.25) is 0 Å². The molecule has 0 fully saturated rings. The molecule has 0 aliphatic heterocycles. The minimum atomic E-state index is 0.197. The van der Waals surface area contributed by atoms with Crippen LogP contribution in [0, 0.1) is 5.41 Å². The molecule has 4 nitrogen and oxygen atoms in total. The lowest BCUT2D eigenvalue weighted by Gasteiger charge is -2.24. The molecule has 0 N–H and O–H groups in total. The van der Waals surface area contributed by atoms with Gasteiger partial charge in [0.2, 0.25) is 0 Å². The van der Waals surface area contributed by atoms with E-state index in [0.717, 1.165) is 12.1 Å². The van der Waals surface area contributed by atoms with Gasteiger partial charge in [-0.15, -0.1) is 0 Å². The summed E-state index contributed by atoms with van der Waals surface area (Å²) in [7, 11) is 1.98. The van der Waals surface area contributed by atoms with Crippen LogP contribution in [0.5, 0.6) is 0 Å². The van der Waals surface area contributed by atoms with E-state index in [9.17, 15) is 0 Å². The van der Waals surface area contributed by atoms with Crippen molar-refractivity contribution in [2.45, 2.75) is 20.8 Å². The first kappa shape index (κ1) is 12.6. The Bertz CT molecular complexity index is 499. The number of rotatable bonds is 3. The Morgan fingerprint density at radius 1 is 1.17 bits per heavy atom. The van der Waals surface area contributed by atoms with Gasteiger partial charge in [-0.2, -0.15) is 4.98 Å². The highest BCUT2D eigenvalue weighted by Gasteiger charge is 2.18. The summed E-state index contributed by atoms with van der Waals surface area (Å²) in [5, 5.41) is 4.02. The summed E-state index contributed by atoms with van der Waals surface area (Å²) >= 11 is 0. The molecule has 18 heavy (non-hydrogen) atoms. The Morgan fingerprint density at radius 2 is 1.83 bits per heavy atom. The van der Waals surface area contributed by atoms with Crippen molar-refractivity contribution in [3.63, 3.8) is 0 Å². The molecule has 1 aromatic carbocycles. The molecule has 0 spiro atoms.